The molecule has 1 rings (SSSR count). The molecular formula is C17H30N2. The van der Waals surface area contributed by atoms with Gasteiger partial charge in [0.2, 0.25) is 0 Å². The van der Waals surface area contributed by atoms with E-state index in [1.807, 2.05) is 0 Å². The number of rotatable bonds is 11. The van der Waals surface area contributed by atoms with Crippen molar-refractivity contribution >= 4 is 5.69 Å². The summed E-state index contributed by atoms with van der Waals surface area (Å²) in [6, 6.07) is 8.40. The molecule has 0 aliphatic heterocycles. The van der Waals surface area contributed by atoms with Gasteiger partial charge >= 0.3 is 0 Å². The Hall–Kier alpha value is -1.02. The van der Waals surface area contributed by atoms with Gasteiger partial charge in [0.1, 0.15) is 0 Å². The monoisotopic (exact) mass is 262 g/mol. The van der Waals surface area contributed by atoms with E-state index in [1.165, 1.54) is 62.6 Å². The number of hydrogen-bond acceptors (Lipinski definition) is 2. The molecule has 1 aromatic rings. The van der Waals surface area contributed by atoms with E-state index in [-0.39, 0.29) is 0 Å². The minimum absolute atomic E-state index is 0.618. The van der Waals surface area contributed by atoms with Gasteiger partial charge in [-0.1, -0.05) is 64.0 Å². The minimum atomic E-state index is 0.618. The Bertz CT molecular complexity index is 323. The molecule has 0 saturated heterocycles. The third-order valence-corrected chi connectivity index (χ3v) is 3.52. The molecule has 0 bridgehead atoms. The minimum Gasteiger partial charge on any atom is -0.385 e. The highest BCUT2D eigenvalue weighted by atomic mass is 14.9. The molecular weight excluding hydrogens is 232 g/mol. The summed E-state index contributed by atoms with van der Waals surface area (Å²) in [5.41, 5.74) is 8.03. The maximum Gasteiger partial charge on any atom is 0.0343 e. The molecule has 3 N–H and O–H groups in total. The molecule has 0 aromatic heterocycles. The molecule has 0 aliphatic rings. The Morgan fingerprint density at radius 3 is 2.32 bits per heavy atom. The summed E-state index contributed by atoms with van der Waals surface area (Å²) in [6.45, 7) is 3.96. The Balaban J connectivity index is 1.98. The maximum absolute atomic E-state index is 5.64. The maximum atomic E-state index is 5.64. The van der Waals surface area contributed by atoms with E-state index in [9.17, 15) is 0 Å². The summed E-state index contributed by atoms with van der Waals surface area (Å²) in [7, 11) is 0. The molecule has 108 valence electrons. The second-order valence-corrected chi connectivity index (χ2v) is 5.31. The molecule has 0 amide bonds. The number of anilines is 1. The predicted octanol–water partition coefficient (Wildman–Crippen LogP) is 4.70. The van der Waals surface area contributed by atoms with E-state index in [2.05, 4.69) is 36.5 Å². The van der Waals surface area contributed by atoms with Crippen LogP contribution >= 0.6 is 0 Å². The fourth-order valence-electron chi connectivity index (χ4n) is 2.30. The Kier molecular flexibility index (Phi) is 9.17. The standard InChI is InChI=1S/C17H30N2/c1-2-3-4-5-6-7-8-9-13-19-17-12-10-11-16(14-17)15-18/h10-12,14,19H,2-9,13,15,18H2,1H3. The van der Waals surface area contributed by atoms with Crippen molar-refractivity contribution in [2.24, 2.45) is 5.73 Å². The molecule has 0 atom stereocenters. The Labute approximate surface area is 118 Å². The van der Waals surface area contributed by atoms with Crippen LogP contribution in [-0.2, 0) is 6.54 Å². The van der Waals surface area contributed by atoms with E-state index in [1.54, 1.807) is 0 Å². The normalized spacial score (nSPS) is 10.6. The van der Waals surface area contributed by atoms with Gasteiger partial charge in [-0.2, -0.15) is 0 Å². The zero-order chi connectivity index (χ0) is 13.8. The summed E-state index contributed by atoms with van der Waals surface area (Å²) >= 11 is 0. The average molecular weight is 262 g/mol. The van der Waals surface area contributed by atoms with Crippen molar-refractivity contribution in [3.8, 4) is 0 Å². The van der Waals surface area contributed by atoms with Gasteiger partial charge in [0.05, 0.1) is 0 Å². The molecule has 2 nitrogen and oxygen atoms in total. The first kappa shape index (κ1) is 16.0. The molecule has 0 aliphatic carbocycles. The first-order chi connectivity index (χ1) is 9.36. The summed E-state index contributed by atoms with van der Waals surface area (Å²) in [5, 5.41) is 3.48. The topological polar surface area (TPSA) is 38.0 Å². The van der Waals surface area contributed by atoms with Gasteiger partial charge in [-0.3, -0.25) is 0 Å². The Morgan fingerprint density at radius 2 is 1.63 bits per heavy atom. The van der Waals surface area contributed by atoms with E-state index in [0.29, 0.717) is 6.54 Å². The molecule has 1 aromatic carbocycles. The van der Waals surface area contributed by atoms with Gasteiger partial charge in [0.15, 0.2) is 0 Å². The van der Waals surface area contributed by atoms with Crippen LogP contribution in [0, 0.1) is 0 Å². The number of hydrogen-bond donors (Lipinski definition) is 2. The molecule has 0 heterocycles. The van der Waals surface area contributed by atoms with Crippen molar-refractivity contribution in [3.05, 3.63) is 29.8 Å². The first-order valence-corrected chi connectivity index (χ1v) is 7.89. The number of benzene rings is 1. The molecule has 0 unspecified atom stereocenters. The van der Waals surface area contributed by atoms with Crippen molar-refractivity contribution in [1.82, 2.24) is 0 Å². The second-order valence-electron chi connectivity index (χ2n) is 5.31. The van der Waals surface area contributed by atoms with E-state index < -0.39 is 0 Å². The summed E-state index contributed by atoms with van der Waals surface area (Å²) in [6.07, 6.45) is 11.0. The van der Waals surface area contributed by atoms with Gasteiger partial charge < -0.3 is 11.1 Å². The van der Waals surface area contributed by atoms with Crippen LogP contribution in [0.4, 0.5) is 5.69 Å². The van der Waals surface area contributed by atoms with Crippen LogP contribution in [0.1, 0.15) is 63.9 Å². The van der Waals surface area contributed by atoms with Crippen molar-refractivity contribution in [2.75, 3.05) is 11.9 Å². The number of nitrogens with one attached hydrogen (secondary N) is 1. The highest BCUT2D eigenvalue weighted by Gasteiger charge is 1.95. The summed E-state index contributed by atoms with van der Waals surface area (Å²) in [4.78, 5) is 0. The summed E-state index contributed by atoms with van der Waals surface area (Å²) < 4.78 is 0. The lowest BCUT2D eigenvalue weighted by atomic mass is 10.1. The lowest BCUT2D eigenvalue weighted by molar-refractivity contribution is 0.581. The zero-order valence-electron chi connectivity index (χ0n) is 12.5. The summed E-state index contributed by atoms with van der Waals surface area (Å²) in [5.74, 6) is 0. The van der Waals surface area contributed by atoms with Crippen LogP contribution in [0.5, 0.6) is 0 Å². The molecule has 0 saturated carbocycles. The van der Waals surface area contributed by atoms with Crippen LogP contribution in [0.25, 0.3) is 0 Å². The van der Waals surface area contributed by atoms with Gasteiger partial charge in [-0.25, -0.2) is 0 Å². The van der Waals surface area contributed by atoms with Crippen molar-refractivity contribution in [2.45, 2.75) is 64.8 Å². The fraction of sp³-hybridized carbons (Fsp3) is 0.647. The van der Waals surface area contributed by atoms with Gasteiger partial charge in [0, 0.05) is 18.8 Å². The SMILES string of the molecule is CCCCCCCCCCNc1cccc(CN)c1. The van der Waals surface area contributed by atoms with Gasteiger partial charge in [-0.15, -0.1) is 0 Å². The van der Waals surface area contributed by atoms with Crippen LogP contribution in [-0.4, -0.2) is 6.54 Å². The first-order valence-electron chi connectivity index (χ1n) is 7.89. The Morgan fingerprint density at radius 1 is 0.947 bits per heavy atom. The zero-order valence-corrected chi connectivity index (χ0v) is 12.5. The van der Waals surface area contributed by atoms with Crippen molar-refractivity contribution in [3.63, 3.8) is 0 Å². The third-order valence-electron chi connectivity index (χ3n) is 3.52. The van der Waals surface area contributed by atoms with Crippen molar-refractivity contribution in [1.29, 1.82) is 0 Å². The molecule has 0 fully saturated rings. The lowest BCUT2D eigenvalue weighted by Gasteiger charge is -2.07. The van der Waals surface area contributed by atoms with Crippen molar-refractivity contribution < 1.29 is 0 Å². The van der Waals surface area contributed by atoms with E-state index in [0.717, 1.165) is 6.54 Å². The van der Waals surface area contributed by atoms with Gasteiger partial charge in [0.25, 0.3) is 0 Å². The second kappa shape index (κ2) is 10.9. The lowest BCUT2D eigenvalue weighted by Crippen LogP contribution is -2.03. The number of nitrogens with two attached hydrogens (primary N) is 1. The molecule has 0 spiro atoms. The predicted molar refractivity (Wildman–Crippen MR) is 85.4 cm³/mol. The molecule has 0 radical (unpaired) electrons. The highest BCUT2D eigenvalue weighted by Crippen LogP contribution is 2.11. The quantitative estimate of drug-likeness (QED) is 0.567. The smallest absolute Gasteiger partial charge is 0.0343 e. The van der Waals surface area contributed by atoms with Crippen LogP contribution in [0.2, 0.25) is 0 Å². The van der Waals surface area contributed by atoms with Crippen LogP contribution < -0.4 is 11.1 Å². The average Bonchev–Trinajstić information content (AvgIpc) is 2.46. The number of unbranched alkanes of at least 4 members (excludes halogenated alkanes) is 7. The third kappa shape index (κ3) is 7.89. The molecule has 19 heavy (non-hydrogen) atoms. The fourth-order valence-corrected chi connectivity index (χ4v) is 2.30. The molecule has 2 heteroatoms. The van der Waals surface area contributed by atoms with Gasteiger partial charge in [-0.05, 0) is 24.1 Å². The van der Waals surface area contributed by atoms with E-state index in [4.69, 9.17) is 5.73 Å². The van der Waals surface area contributed by atoms with Crippen LogP contribution in [0.15, 0.2) is 24.3 Å². The largest absolute Gasteiger partial charge is 0.385 e. The van der Waals surface area contributed by atoms with Crippen LogP contribution in [0.3, 0.4) is 0 Å². The van der Waals surface area contributed by atoms with E-state index >= 15 is 0 Å². The highest BCUT2D eigenvalue weighted by molar-refractivity contribution is 5.45.